The molecule has 0 unspecified atom stereocenters. The van der Waals surface area contributed by atoms with Gasteiger partial charge in [0.2, 0.25) is 0 Å². The van der Waals surface area contributed by atoms with Crippen LogP contribution in [0.4, 0.5) is 0 Å². The van der Waals surface area contributed by atoms with Crippen molar-refractivity contribution in [2.75, 3.05) is 19.7 Å². The molecule has 0 spiro atoms. The topological polar surface area (TPSA) is 32.7 Å². The highest BCUT2D eigenvalue weighted by molar-refractivity contribution is 5.36. The summed E-state index contributed by atoms with van der Waals surface area (Å²) in [6.07, 6.45) is 2.95. The van der Waals surface area contributed by atoms with Crippen LogP contribution in [0.15, 0.2) is 24.3 Å². The fraction of sp³-hybridized carbons (Fsp3) is 0.571. The number of rotatable bonds is 1. The van der Waals surface area contributed by atoms with Crippen molar-refractivity contribution in [1.82, 2.24) is 4.90 Å². The van der Waals surface area contributed by atoms with Crippen molar-refractivity contribution >= 4 is 0 Å². The molecule has 1 aromatic rings. The van der Waals surface area contributed by atoms with Gasteiger partial charge in [0.25, 0.3) is 0 Å². The number of hydrogen-bond donors (Lipinski definition) is 1. The number of fused-ring (bicyclic) bond motifs is 1. The summed E-state index contributed by atoms with van der Waals surface area (Å²) >= 11 is 0. The van der Waals surface area contributed by atoms with Crippen LogP contribution in [-0.4, -0.2) is 35.7 Å². The van der Waals surface area contributed by atoms with Gasteiger partial charge >= 0.3 is 0 Å². The fourth-order valence-electron chi connectivity index (χ4n) is 2.89. The zero-order valence-electron chi connectivity index (χ0n) is 10.0. The van der Waals surface area contributed by atoms with Gasteiger partial charge in [-0.25, -0.2) is 0 Å². The van der Waals surface area contributed by atoms with Gasteiger partial charge in [0, 0.05) is 11.6 Å². The summed E-state index contributed by atoms with van der Waals surface area (Å²) in [5.41, 5.74) is 0.939. The molecule has 1 N–H and O–H groups in total. The van der Waals surface area contributed by atoms with Crippen molar-refractivity contribution in [3.05, 3.63) is 29.8 Å². The molecular formula is C14H19NO2. The summed E-state index contributed by atoms with van der Waals surface area (Å²) in [6, 6.07) is 8.19. The van der Waals surface area contributed by atoms with E-state index in [2.05, 4.69) is 4.90 Å². The van der Waals surface area contributed by atoms with Crippen molar-refractivity contribution < 1.29 is 9.84 Å². The highest BCUT2D eigenvalue weighted by Gasteiger charge is 2.29. The summed E-state index contributed by atoms with van der Waals surface area (Å²) < 4.78 is 5.84. The number of hydrogen-bond acceptors (Lipinski definition) is 3. The van der Waals surface area contributed by atoms with Crippen molar-refractivity contribution in [2.24, 2.45) is 0 Å². The number of para-hydroxylation sites is 1. The number of ether oxygens (including phenoxy) is 1. The lowest BCUT2D eigenvalue weighted by molar-refractivity contribution is 0.103. The highest BCUT2D eigenvalue weighted by atomic mass is 16.5. The van der Waals surface area contributed by atoms with E-state index in [1.807, 2.05) is 24.3 Å². The van der Waals surface area contributed by atoms with Crippen molar-refractivity contribution in [2.45, 2.75) is 31.4 Å². The van der Waals surface area contributed by atoms with Crippen molar-refractivity contribution in [1.29, 1.82) is 0 Å². The second kappa shape index (κ2) is 4.67. The molecule has 1 fully saturated rings. The van der Waals surface area contributed by atoms with E-state index < -0.39 is 0 Å². The predicted octanol–water partition coefficient (Wildman–Crippen LogP) is 1.97. The van der Waals surface area contributed by atoms with Crippen LogP contribution in [0, 0.1) is 0 Å². The Morgan fingerprint density at radius 3 is 2.76 bits per heavy atom. The molecule has 0 radical (unpaired) electrons. The van der Waals surface area contributed by atoms with Crippen LogP contribution in [0.1, 0.15) is 30.9 Å². The molecule has 0 aromatic heterocycles. The zero-order chi connectivity index (χ0) is 11.7. The minimum Gasteiger partial charge on any atom is -0.492 e. The van der Waals surface area contributed by atoms with E-state index in [0.717, 1.165) is 30.8 Å². The Kier molecular flexibility index (Phi) is 3.04. The standard InChI is InChI=1S/C14H19NO2/c16-13-9-11(15-7-3-4-8-15)10-17-14-6-2-1-5-12(13)14/h1-2,5-6,11,13,16H,3-4,7-10H2/t11-,13+/m1/s1. The average molecular weight is 233 g/mol. The maximum atomic E-state index is 10.3. The van der Waals surface area contributed by atoms with E-state index in [9.17, 15) is 5.11 Å². The monoisotopic (exact) mass is 233 g/mol. The molecule has 2 aliphatic rings. The molecule has 0 saturated carbocycles. The summed E-state index contributed by atoms with van der Waals surface area (Å²) in [5, 5.41) is 10.3. The second-order valence-electron chi connectivity index (χ2n) is 5.00. The molecule has 0 amide bonds. The third-order valence-corrected chi connectivity index (χ3v) is 3.86. The van der Waals surface area contributed by atoms with Crippen LogP contribution in [-0.2, 0) is 0 Å². The Morgan fingerprint density at radius 2 is 1.94 bits per heavy atom. The first-order valence-electron chi connectivity index (χ1n) is 6.48. The number of likely N-dealkylation sites (tertiary alicyclic amines) is 1. The predicted molar refractivity (Wildman–Crippen MR) is 66.1 cm³/mol. The van der Waals surface area contributed by atoms with Gasteiger partial charge in [0.15, 0.2) is 0 Å². The molecule has 3 rings (SSSR count). The van der Waals surface area contributed by atoms with Gasteiger partial charge in [-0.1, -0.05) is 18.2 Å². The summed E-state index contributed by atoms with van der Waals surface area (Å²) in [5.74, 6) is 0.849. The maximum Gasteiger partial charge on any atom is 0.125 e. The van der Waals surface area contributed by atoms with Crippen molar-refractivity contribution in [3.63, 3.8) is 0 Å². The Hall–Kier alpha value is -1.06. The molecule has 1 aromatic carbocycles. The molecule has 2 heterocycles. The molecule has 17 heavy (non-hydrogen) atoms. The van der Waals surface area contributed by atoms with Gasteiger partial charge in [0.05, 0.1) is 6.10 Å². The number of nitrogens with zero attached hydrogens (tertiary/aromatic N) is 1. The molecule has 0 bridgehead atoms. The Morgan fingerprint density at radius 1 is 1.18 bits per heavy atom. The number of aliphatic hydroxyl groups is 1. The van der Waals surface area contributed by atoms with Gasteiger partial charge in [-0.05, 0) is 38.4 Å². The summed E-state index contributed by atoms with van der Waals surface area (Å²) in [7, 11) is 0. The second-order valence-corrected chi connectivity index (χ2v) is 5.00. The maximum absolute atomic E-state index is 10.3. The average Bonchev–Trinajstić information content (AvgIpc) is 2.83. The van der Waals surface area contributed by atoms with E-state index in [1.165, 1.54) is 12.8 Å². The van der Waals surface area contributed by atoms with Crippen LogP contribution < -0.4 is 4.74 Å². The van der Waals surface area contributed by atoms with Crippen LogP contribution >= 0.6 is 0 Å². The SMILES string of the molecule is O[C@H]1C[C@@H](N2CCCC2)COc2ccccc21. The summed E-state index contributed by atoms with van der Waals surface area (Å²) in [4.78, 5) is 2.45. The minimum absolute atomic E-state index is 0.361. The van der Waals surface area contributed by atoms with Crippen LogP contribution in [0.2, 0.25) is 0 Å². The zero-order valence-corrected chi connectivity index (χ0v) is 10.0. The van der Waals surface area contributed by atoms with Gasteiger partial charge in [-0.3, -0.25) is 4.90 Å². The lowest BCUT2D eigenvalue weighted by Crippen LogP contribution is -2.37. The normalized spacial score (nSPS) is 29.5. The molecule has 92 valence electrons. The minimum atomic E-state index is -0.390. The molecule has 3 nitrogen and oxygen atoms in total. The van der Waals surface area contributed by atoms with Gasteiger partial charge in [0.1, 0.15) is 12.4 Å². The largest absolute Gasteiger partial charge is 0.492 e. The van der Waals surface area contributed by atoms with Crippen LogP contribution in [0.3, 0.4) is 0 Å². The molecule has 2 aliphatic heterocycles. The first-order valence-corrected chi connectivity index (χ1v) is 6.48. The molecule has 1 saturated heterocycles. The van der Waals surface area contributed by atoms with E-state index in [1.54, 1.807) is 0 Å². The third kappa shape index (κ3) is 2.17. The van der Waals surface area contributed by atoms with E-state index in [4.69, 9.17) is 4.74 Å². The van der Waals surface area contributed by atoms with E-state index in [-0.39, 0.29) is 6.10 Å². The van der Waals surface area contributed by atoms with E-state index in [0.29, 0.717) is 12.6 Å². The van der Waals surface area contributed by atoms with Crippen LogP contribution in [0.25, 0.3) is 0 Å². The molecule has 2 atom stereocenters. The highest BCUT2D eigenvalue weighted by Crippen LogP contribution is 2.33. The van der Waals surface area contributed by atoms with Crippen molar-refractivity contribution in [3.8, 4) is 5.75 Å². The lowest BCUT2D eigenvalue weighted by Gasteiger charge is -2.26. The lowest BCUT2D eigenvalue weighted by atomic mass is 10.0. The molecule has 3 heteroatoms. The van der Waals surface area contributed by atoms with Gasteiger partial charge in [-0.2, -0.15) is 0 Å². The molecular weight excluding hydrogens is 214 g/mol. The van der Waals surface area contributed by atoms with Gasteiger partial charge in [-0.15, -0.1) is 0 Å². The first kappa shape index (κ1) is 11.1. The molecule has 0 aliphatic carbocycles. The van der Waals surface area contributed by atoms with Crippen LogP contribution in [0.5, 0.6) is 5.75 Å². The quantitative estimate of drug-likeness (QED) is 0.805. The smallest absolute Gasteiger partial charge is 0.125 e. The Labute approximate surface area is 102 Å². The third-order valence-electron chi connectivity index (χ3n) is 3.86. The first-order chi connectivity index (χ1) is 8.34. The Bertz CT molecular complexity index is 388. The summed E-state index contributed by atoms with van der Waals surface area (Å²) in [6.45, 7) is 3.00. The Balaban J connectivity index is 1.79. The number of aliphatic hydroxyl groups excluding tert-OH is 1. The fourth-order valence-corrected chi connectivity index (χ4v) is 2.89. The van der Waals surface area contributed by atoms with Gasteiger partial charge < -0.3 is 9.84 Å². The van der Waals surface area contributed by atoms with E-state index >= 15 is 0 Å². The number of benzene rings is 1.